The Hall–Kier alpha value is -3.43. The summed E-state index contributed by atoms with van der Waals surface area (Å²) in [4.78, 5) is 8.35. The first-order valence-electron chi connectivity index (χ1n) is 9.53. The standard InChI is InChI=1S/C21H14Cl2F6N6/c22-13-2-4-17(16(23)8-13)33-19(31)35(10-30)18(9-34-6-5-32-11-34)14-7-12(20(24,25)26)1-3-15(14)21(27,28)29/h1-8,11,18H,9H2,(H2,31,33). The number of nitrogens with two attached hydrogens (primary N) is 1. The maximum Gasteiger partial charge on any atom is 0.416 e. The summed E-state index contributed by atoms with van der Waals surface area (Å²) in [5, 5.41) is 10.1. The van der Waals surface area contributed by atoms with E-state index in [0.29, 0.717) is 23.1 Å². The summed E-state index contributed by atoms with van der Waals surface area (Å²) in [6, 6.07) is 3.42. The number of aromatic nitrogens is 2. The van der Waals surface area contributed by atoms with Crippen LogP contribution in [0.25, 0.3) is 0 Å². The number of imidazole rings is 1. The molecule has 0 spiro atoms. The molecule has 35 heavy (non-hydrogen) atoms. The fourth-order valence-electron chi connectivity index (χ4n) is 3.22. The van der Waals surface area contributed by atoms with E-state index in [9.17, 15) is 31.6 Å². The van der Waals surface area contributed by atoms with Gasteiger partial charge in [0.15, 0.2) is 6.19 Å². The Kier molecular flexibility index (Phi) is 7.52. The fourth-order valence-corrected chi connectivity index (χ4v) is 3.67. The smallest absolute Gasteiger partial charge is 0.369 e. The van der Waals surface area contributed by atoms with Crippen molar-refractivity contribution >= 4 is 34.8 Å². The van der Waals surface area contributed by atoms with Crippen LogP contribution in [0.2, 0.25) is 10.0 Å². The summed E-state index contributed by atoms with van der Waals surface area (Å²) in [7, 11) is 0. The summed E-state index contributed by atoms with van der Waals surface area (Å²) in [5.41, 5.74) is 2.46. The van der Waals surface area contributed by atoms with Crippen LogP contribution < -0.4 is 5.73 Å². The number of alkyl halides is 6. The molecule has 184 valence electrons. The van der Waals surface area contributed by atoms with Crippen LogP contribution in [0.3, 0.4) is 0 Å². The molecule has 1 heterocycles. The van der Waals surface area contributed by atoms with Gasteiger partial charge in [-0.2, -0.15) is 31.6 Å². The Bertz CT molecular complexity index is 1260. The Morgan fingerprint density at radius 2 is 1.83 bits per heavy atom. The van der Waals surface area contributed by atoms with Gasteiger partial charge < -0.3 is 10.3 Å². The number of nitriles is 1. The van der Waals surface area contributed by atoms with Gasteiger partial charge in [0.05, 0.1) is 34.2 Å². The zero-order valence-electron chi connectivity index (χ0n) is 17.3. The van der Waals surface area contributed by atoms with Crippen LogP contribution in [-0.2, 0) is 18.9 Å². The van der Waals surface area contributed by atoms with Crippen LogP contribution in [0.4, 0.5) is 32.0 Å². The predicted molar refractivity (Wildman–Crippen MR) is 117 cm³/mol. The van der Waals surface area contributed by atoms with E-state index < -0.39 is 47.6 Å². The van der Waals surface area contributed by atoms with Crippen LogP contribution in [0, 0.1) is 11.5 Å². The molecule has 0 aliphatic carbocycles. The minimum absolute atomic E-state index is 0.0274. The van der Waals surface area contributed by atoms with Crippen molar-refractivity contribution in [3.05, 3.63) is 81.9 Å². The summed E-state index contributed by atoms with van der Waals surface area (Å²) < 4.78 is 83.0. The van der Waals surface area contributed by atoms with Crippen LogP contribution >= 0.6 is 23.2 Å². The molecular weight excluding hydrogens is 521 g/mol. The third-order valence-electron chi connectivity index (χ3n) is 4.80. The van der Waals surface area contributed by atoms with E-state index in [1.54, 1.807) is 6.19 Å². The Balaban J connectivity index is 2.21. The number of aliphatic imine (C=N–C) groups is 1. The molecule has 14 heteroatoms. The maximum atomic E-state index is 13.8. The highest BCUT2D eigenvalue weighted by atomic mass is 35.5. The number of halogens is 8. The Labute approximate surface area is 204 Å². The molecule has 1 atom stereocenters. The second-order valence-electron chi connectivity index (χ2n) is 7.11. The van der Waals surface area contributed by atoms with Crippen molar-refractivity contribution in [2.24, 2.45) is 10.7 Å². The average Bonchev–Trinajstić information content (AvgIpc) is 3.27. The fraction of sp³-hybridized carbons (Fsp3) is 0.190. The summed E-state index contributed by atoms with van der Waals surface area (Å²) in [6.07, 6.45) is -4.43. The zero-order valence-corrected chi connectivity index (χ0v) is 18.8. The first-order chi connectivity index (χ1) is 16.3. The summed E-state index contributed by atoms with van der Waals surface area (Å²) >= 11 is 11.9. The predicted octanol–water partition coefficient (Wildman–Crippen LogP) is 6.40. The molecule has 1 unspecified atom stereocenters. The molecule has 0 aliphatic rings. The SMILES string of the molecule is N#CN(C(N)=Nc1ccc(Cl)cc1Cl)C(Cn1ccnc1)c1cc(C(F)(F)F)ccc1C(F)(F)F. The molecule has 0 radical (unpaired) electrons. The highest BCUT2D eigenvalue weighted by Crippen LogP contribution is 2.40. The summed E-state index contributed by atoms with van der Waals surface area (Å²) in [5.74, 6) is -0.604. The molecular formula is C21H14Cl2F6N6. The third-order valence-corrected chi connectivity index (χ3v) is 5.34. The van der Waals surface area contributed by atoms with Gasteiger partial charge in [0.25, 0.3) is 0 Å². The number of hydrogen-bond donors (Lipinski definition) is 1. The molecule has 0 fully saturated rings. The van der Waals surface area contributed by atoms with E-state index >= 15 is 0 Å². The van der Waals surface area contributed by atoms with Crippen molar-refractivity contribution in [3.63, 3.8) is 0 Å². The van der Waals surface area contributed by atoms with Crippen molar-refractivity contribution in [1.82, 2.24) is 14.5 Å². The number of rotatable bonds is 5. The van der Waals surface area contributed by atoms with Crippen molar-refractivity contribution in [2.75, 3.05) is 0 Å². The lowest BCUT2D eigenvalue weighted by molar-refractivity contribution is -0.142. The van der Waals surface area contributed by atoms with Crippen LogP contribution in [0.15, 0.2) is 60.1 Å². The number of hydrogen-bond acceptors (Lipinski definition) is 3. The molecule has 0 amide bonds. The first-order valence-corrected chi connectivity index (χ1v) is 10.3. The second-order valence-corrected chi connectivity index (χ2v) is 7.95. The van der Waals surface area contributed by atoms with Crippen molar-refractivity contribution < 1.29 is 26.3 Å². The molecule has 0 saturated carbocycles. The lowest BCUT2D eigenvalue weighted by Crippen LogP contribution is -2.39. The highest BCUT2D eigenvalue weighted by molar-refractivity contribution is 6.36. The van der Waals surface area contributed by atoms with E-state index in [4.69, 9.17) is 28.9 Å². The first kappa shape index (κ1) is 26.2. The van der Waals surface area contributed by atoms with Gasteiger partial charge in [-0.15, -0.1) is 0 Å². The molecule has 2 N–H and O–H groups in total. The minimum atomic E-state index is -5.03. The van der Waals surface area contributed by atoms with E-state index in [0.717, 1.165) is 0 Å². The highest BCUT2D eigenvalue weighted by Gasteiger charge is 2.40. The van der Waals surface area contributed by atoms with Crippen LogP contribution in [0.5, 0.6) is 0 Å². The normalized spacial score (nSPS) is 13.4. The van der Waals surface area contributed by atoms with Gasteiger partial charge in [-0.05, 0) is 42.0 Å². The molecule has 6 nitrogen and oxygen atoms in total. The van der Waals surface area contributed by atoms with E-state index in [1.165, 1.54) is 41.5 Å². The monoisotopic (exact) mass is 534 g/mol. The van der Waals surface area contributed by atoms with E-state index in [2.05, 4.69) is 9.98 Å². The van der Waals surface area contributed by atoms with Gasteiger partial charge >= 0.3 is 12.4 Å². The van der Waals surface area contributed by atoms with Gasteiger partial charge in [0, 0.05) is 24.0 Å². The molecule has 2 aromatic carbocycles. The van der Waals surface area contributed by atoms with Gasteiger partial charge in [0.2, 0.25) is 5.96 Å². The molecule has 3 aromatic rings. The van der Waals surface area contributed by atoms with Gasteiger partial charge in [-0.25, -0.2) is 14.9 Å². The summed E-state index contributed by atoms with van der Waals surface area (Å²) in [6.45, 7) is -0.414. The average molecular weight is 535 g/mol. The van der Waals surface area contributed by atoms with Crippen molar-refractivity contribution in [2.45, 2.75) is 24.9 Å². The minimum Gasteiger partial charge on any atom is -0.369 e. The van der Waals surface area contributed by atoms with Crippen LogP contribution in [-0.4, -0.2) is 20.4 Å². The zero-order chi connectivity index (χ0) is 26.0. The topological polar surface area (TPSA) is 83.2 Å². The largest absolute Gasteiger partial charge is 0.416 e. The second kappa shape index (κ2) is 10.1. The molecule has 0 aliphatic heterocycles. The maximum absolute atomic E-state index is 13.8. The van der Waals surface area contributed by atoms with Gasteiger partial charge in [-0.3, -0.25) is 0 Å². The van der Waals surface area contributed by atoms with Gasteiger partial charge in [-0.1, -0.05) is 23.2 Å². The quantitative estimate of drug-likeness (QED) is 0.135. The molecule has 0 bridgehead atoms. The van der Waals surface area contributed by atoms with E-state index in [-0.39, 0.29) is 15.7 Å². The number of nitrogens with zero attached hydrogens (tertiary/aromatic N) is 5. The van der Waals surface area contributed by atoms with Crippen molar-refractivity contribution in [3.8, 4) is 6.19 Å². The van der Waals surface area contributed by atoms with Crippen molar-refractivity contribution in [1.29, 1.82) is 5.26 Å². The van der Waals surface area contributed by atoms with E-state index in [1.807, 2.05) is 0 Å². The lowest BCUT2D eigenvalue weighted by atomic mass is 9.95. The van der Waals surface area contributed by atoms with Gasteiger partial charge in [0.1, 0.15) is 0 Å². The number of benzene rings is 2. The Morgan fingerprint density at radius 3 is 2.37 bits per heavy atom. The van der Waals surface area contributed by atoms with Crippen LogP contribution in [0.1, 0.15) is 22.7 Å². The molecule has 1 aromatic heterocycles. The number of guanidine groups is 1. The Morgan fingerprint density at radius 1 is 1.11 bits per heavy atom. The molecule has 3 rings (SSSR count). The molecule has 0 saturated heterocycles. The third kappa shape index (κ3) is 6.17. The lowest BCUT2D eigenvalue weighted by Gasteiger charge is -2.29.